The lowest BCUT2D eigenvalue weighted by Gasteiger charge is -2.10. The Kier molecular flexibility index (Phi) is 6.05. The third-order valence-electron chi connectivity index (χ3n) is 5.63. The topological polar surface area (TPSA) is 114 Å². The van der Waals surface area contributed by atoms with Crippen LogP contribution in [0.3, 0.4) is 0 Å². The number of fused-ring (bicyclic) bond motifs is 1. The molecule has 0 aliphatic rings. The average molecular weight is 482 g/mol. The third kappa shape index (κ3) is 4.23. The smallest absolute Gasteiger partial charge is 0.300 e. The van der Waals surface area contributed by atoms with Crippen molar-refractivity contribution < 1.29 is 18.7 Å². The van der Waals surface area contributed by atoms with Crippen molar-refractivity contribution in [2.75, 3.05) is 14.1 Å². The highest BCUT2D eigenvalue weighted by atomic mass is 16.3. The summed E-state index contributed by atoms with van der Waals surface area (Å²) < 4.78 is 12.0. The molecule has 180 valence electrons. The molecule has 0 unspecified atom stereocenters. The maximum Gasteiger partial charge on any atom is 0.300 e. The summed E-state index contributed by atoms with van der Waals surface area (Å²) in [4.78, 5) is 31.4. The summed E-state index contributed by atoms with van der Waals surface area (Å²) in [5.41, 5.74) is 2.73. The minimum absolute atomic E-state index is 0.0196. The van der Waals surface area contributed by atoms with Gasteiger partial charge in [-0.3, -0.25) is 4.79 Å². The lowest BCUT2D eigenvalue weighted by molar-refractivity contribution is 0.0929. The van der Waals surface area contributed by atoms with Gasteiger partial charge in [-0.1, -0.05) is 12.1 Å². The number of benzene rings is 2. The van der Waals surface area contributed by atoms with Crippen molar-refractivity contribution in [3.8, 4) is 5.88 Å². The first-order valence-electron chi connectivity index (χ1n) is 11.1. The fraction of sp³-hybridized carbons (Fsp3) is 0.111. The summed E-state index contributed by atoms with van der Waals surface area (Å²) in [5.74, 6) is -0.562. The van der Waals surface area contributed by atoms with Gasteiger partial charge in [-0.2, -0.15) is 0 Å². The molecular weight excluding hydrogens is 460 g/mol. The Hall–Kier alpha value is -4.76. The van der Waals surface area contributed by atoms with Crippen molar-refractivity contribution in [2.24, 2.45) is 10.2 Å². The van der Waals surface area contributed by atoms with Crippen molar-refractivity contribution in [1.82, 2.24) is 9.47 Å². The highest BCUT2D eigenvalue weighted by Gasteiger charge is 2.28. The molecule has 9 nitrogen and oxygen atoms in total. The lowest BCUT2D eigenvalue weighted by atomic mass is 10.1. The number of carbonyl (C=O) groups excluding carboxylic acids is 1. The Morgan fingerprint density at radius 1 is 0.944 bits per heavy atom. The molecule has 0 aliphatic heterocycles. The van der Waals surface area contributed by atoms with E-state index in [1.165, 1.54) is 30.7 Å². The number of furan rings is 2. The molecule has 0 fully saturated rings. The number of aromatic nitrogens is 1. The summed E-state index contributed by atoms with van der Waals surface area (Å²) in [5, 5.41) is 14.9. The Bertz CT molecular complexity index is 1560. The highest BCUT2D eigenvalue weighted by Crippen LogP contribution is 2.37. The summed E-state index contributed by atoms with van der Waals surface area (Å²) in [6, 6.07) is 18.8. The van der Waals surface area contributed by atoms with Gasteiger partial charge in [0, 0.05) is 11.9 Å². The Morgan fingerprint density at radius 2 is 1.61 bits per heavy atom. The van der Waals surface area contributed by atoms with E-state index in [4.69, 9.17) is 13.8 Å². The second-order valence-corrected chi connectivity index (χ2v) is 8.45. The summed E-state index contributed by atoms with van der Waals surface area (Å²) in [6.45, 7) is 0.783. The van der Waals surface area contributed by atoms with Crippen LogP contribution in [0.5, 0.6) is 5.88 Å². The number of nitrogens with zero attached hydrogens (tertiary/aromatic N) is 4. The van der Waals surface area contributed by atoms with Gasteiger partial charge in [0.1, 0.15) is 11.4 Å². The Balaban J connectivity index is 1.73. The zero-order chi connectivity index (χ0) is 25.2. The average Bonchev–Trinajstić information content (AvgIpc) is 3.63. The van der Waals surface area contributed by atoms with Gasteiger partial charge in [0.15, 0.2) is 11.5 Å². The van der Waals surface area contributed by atoms with Crippen LogP contribution in [0.2, 0.25) is 0 Å². The molecule has 5 aromatic rings. The van der Waals surface area contributed by atoms with Crippen LogP contribution in [-0.2, 0) is 6.54 Å². The fourth-order valence-corrected chi connectivity index (χ4v) is 4.09. The maximum absolute atomic E-state index is 13.3. The summed E-state index contributed by atoms with van der Waals surface area (Å²) in [6.07, 6.45) is 2.87. The normalized spacial score (nSPS) is 11.9. The highest BCUT2D eigenvalue weighted by molar-refractivity contribution is 6.22. The number of aliphatic imine (C=N–C) groups is 1. The molecule has 36 heavy (non-hydrogen) atoms. The summed E-state index contributed by atoms with van der Waals surface area (Å²) >= 11 is 0. The van der Waals surface area contributed by atoms with Crippen LogP contribution in [0, 0.1) is 4.91 Å². The van der Waals surface area contributed by atoms with Gasteiger partial charge in [-0.05, 0) is 79.4 Å². The first-order valence-corrected chi connectivity index (χ1v) is 11.1. The summed E-state index contributed by atoms with van der Waals surface area (Å²) in [7, 11) is 3.99. The number of rotatable bonds is 7. The van der Waals surface area contributed by atoms with Gasteiger partial charge in [0.25, 0.3) is 0 Å². The molecule has 0 spiro atoms. The van der Waals surface area contributed by atoms with E-state index in [-0.39, 0.29) is 28.4 Å². The van der Waals surface area contributed by atoms with Crippen molar-refractivity contribution >= 4 is 33.9 Å². The molecule has 0 saturated heterocycles. The van der Waals surface area contributed by atoms with E-state index in [1.54, 1.807) is 24.3 Å². The predicted octanol–water partition coefficient (Wildman–Crippen LogP) is 5.85. The van der Waals surface area contributed by atoms with Crippen LogP contribution in [0.15, 0.2) is 98.3 Å². The zero-order valence-electron chi connectivity index (χ0n) is 19.6. The van der Waals surface area contributed by atoms with Crippen molar-refractivity contribution in [1.29, 1.82) is 0 Å². The Labute approximate surface area is 205 Å². The van der Waals surface area contributed by atoms with E-state index < -0.39 is 5.91 Å². The van der Waals surface area contributed by atoms with Gasteiger partial charge < -0.3 is 18.8 Å². The van der Waals surface area contributed by atoms with Gasteiger partial charge in [-0.25, -0.2) is 9.56 Å². The molecule has 2 aromatic carbocycles. The first kappa shape index (κ1) is 23.0. The van der Waals surface area contributed by atoms with Gasteiger partial charge in [0.05, 0.1) is 29.3 Å². The standard InChI is InChI=1S/C27H22N4O5/c1-30(2)16-17-7-9-18(10-8-17)28-25(22-5-3-13-35-22)24-20-12-11-19(29-34)15-21(20)31(27(24)33)26(32)23-6-4-14-36-23/h3-15,33H,16H2,1-2H3. The van der Waals surface area contributed by atoms with Crippen LogP contribution in [0.4, 0.5) is 11.4 Å². The van der Waals surface area contributed by atoms with Crippen molar-refractivity contribution in [2.45, 2.75) is 6.54 Å². The maximum atomic E-state index is 13.3. The molecule has 5 rings (SSSR count). The van der Waals surface area contributed by atoms with Gasteiger partial charge in [0.2, 0.25) is 5.88 Å². The molecule has 1 N–H and O–H groups in total. The van der Waals surface area contributed by atoms with Crippen LogP contribution in [-0.4, -0.2) is 40.3 Å². The van der Waals surface area contributed by atoms with E-state index in [1.807, 2.05) is 38.4 Å². The van der Waals surface area contributed by atoms with Crippen LogP contribution in [0.1, 0.15) is 27.4 Å². The molecular formula is C27H22N4O5. The molecule has 0 saturated carbocycles. The molecule has 0 amide bonds. The second kappa shape index (κ2) is 9.47. The second-order valence-electron chi connectivity index (χ2n) is 8.45. The largest absolute Gasteiger partial charge is 0.494 e. The zero-order valence-corrected chi connectivity index (χ0v) is 19.6. The molecule has 3 aromatic heterocycles. The lowest BCUT2D eigenvalue weighted by Crippen LogP contribution is -2.11. The molecule has 0 atom stereocenters. The minimum atomic E-state index is -0.608. The van der Waals surface area contributed by atoms with Gasteiger partial charge >= 0.3 is 5.91 Å². The predicted molar refractivity (Wildman–Crippen MR) is 135 cm³/mol. The number of aromatic hydroxyl groups is 1. The van der Waals surface area contributed by atoms with Crippen LogP contribution < -0.4 is 0 Å². The van der Waals surface area contributed by atoms with E-state index in [9.17, 15) is 14.8 Å². The van der Waals surface area contributed by atoms with E-state index in [0.29, 0.717) is 22.5 Å². The Morgan fingerprint density at radius 3 is 2.22 bits per heavy atom. The first-order chi connectivity index (χ1) is 17.5. The van der Waals surface area contributed by atoms with Crippen LogP contribution >= 0.6 is 0 Å². The number of carbonyl (C=O) groups is 1. The fourth-order valence-electron chi connectivity index (χ4n) is 4.09. The number of nitroso groups, excluding NO2 is 1. The van der Waals surface area contributed by atoms with E-state index in [0.717, 1.165) is 16.7 Å². The molecule has 0 radical (unpaired) electrons. The molecule has 0 bridgehead atoms. The molecule has 9 heteroatoms. The minimum Gasteiger partial charge on any atom is -0.494 e. The molecule has 3 heterocycles. The monoisotopic (exact) mass is 482 g/mol. The SMILES string of the molecule is CN(C)Cc1ccc(N=C(c2ccco2)c2c(O)n(C(=O)c3ccco3)c3cc(N=O)ccc23)cc1. The van der Waals surface area contributed by atoms with Gasteiger partial charge in [-0.15, -0.1) is 4.91 Å². The quantitative estimate of drug-likeness (QED) is 0.230. The van der Waals surface area contributed by atoms with E-state index >= 15 is 0 Å². The third-order valence-corrected chi connectivity index (χ3v) is 5.63. The van der Waals surface area contributed by atoms with Crippen LogP contribution in [0.25, 0.3) is 10.9 Å². The number of hydrogen-bond donors (Lipinski definition) is 1. The van der Waals surface area contributed by atoms with Crippen molar-refractivity contribution in [3.05, 3.63) is 107 Å². The van der Waals surface area contributed by atoms with Crippen molar-refractivity contribution in [3.63, 3.8) is 0 Å². The van der Waals surface area contributed by atoms with E-state index in [2.05, 4.69) is 10.1 Å². The molecule has 0 aliphatic carbocycles. The number of hydrogen-bond acceptors (Lipinski definition) is 8.